The molecule has 0 atom stereocenters. The second-order valence-electron chi connectivity index (χ2n) is 5.46. The third-order valence-electron chi connectivity index (χ3n) is 3.88. The summed E-state index contributed by atoms with van der Waals surface area (Å²) < 4.78 is 25.9. The molecule has 0 radical (unpaired) electrons. The number of nitrogens with one attached hydrogen (secondary N) is 1. The van der Waals surface area contributed by atoms with Crippen molar-refractivity contribution in [2.45, 2.75) is 37.0 Å². The van der Waals surface area contributed by atoms with Crippen LogP contribution in [0.5, 0.6) is 0 Å². The van der Waals surface area contributed by atoms with Crippen molar-refractivity contribution in [2.75, 3.05) is 18.4 Å². The maximum atomic E-state index is 12.1. The van der Waals surface area contributed by atoms with Crippen LogP contribution in [0.3, 0.4) is 0 Å². The number of rotatable bonds is 4. The van der Waals surface area contributed by atoms with Crippen LogP contribution in [0.15, 0.2) is 12.4 Å². The minimum atomic E-state index is -3.05. The van der Waals surface area contributed by atoms with Gasteiger partial charge in [0.2, 0.25) is 10.0 Å². The van der Waals surface area contributed by atoms with E-state index in [0.717, 1.165) is 25.7 Å². The second-order valence-corrected chi connectivity index (χ2v) is 7.67. The molecular weight excluding hydrogens is 290 g/mol. The van der Waals surface area contributed by atoms with Crippen LogP contribution >= 0.6 is 0 Å². The van der Waals surface area contributed by atoms with Gasteiger partial charge in [-0.3, -0.25) is 0 Å². The summed E-state index contributed by atoms with van der Waals surface area (Å²) in [6, 6.07) is 2.11. The lowest BCUT2D eigenvalue weighted by molar-refractivity contribution is 0.329. The van der Waals surface area contributed by atoms with Gasteiger partial charge in [-0.05, 0) is 25.7 Å². The van der Waals surface area contributed by atoms with E-state index in [1.807, 2.05) is 6.07 Å². The highest BCUT2D eigenvalue weighted by Gasteiger charge is 2.41. The average Bonchev–Trinajstić information content (AvgIpc) is 3.34. The number of piperidine rings is 1. The molecule has 1 aromatic heterocycles. The molecule has 1 aliphatic carbocycles. The van der Waals surface area contributed by atoms with Gasteiger partial charge >= 0.3 is 0 Å². The van der Waals surface area contributed by atoms with Crippen molar-refractivity contribution in [2.24, 2.45) is 0 Å². The third kappa shape index (κ3) is 3.14. The minimum Gasteiger partial charge on any atom is -0.366 e. The fourth-order valence-corrected chi connectivity index (χ4v) is 4.37. The Hall–Kier alpha value is -1.72. The van der Waals surface area contributed by atoms with Crippen molar-refractivity contribution in [1.82, 2.24) is 14.3 Å². The summed E-state index contributed by atoms with van der Waals surface area (Å²) in [5, 5.41) is 11.8. The normalized spacial score (nSPS) is 20.9. The highest BCUT2D eigenvalue weighted by molar-refractivity contribution is 7.90. The fourth-order valence-electron chi connectivity index (χ4n) is 2.50. The van der Waals surface area contributed by atoms with Gasteiger partial charge in [0, 0.05) is 19.1 Å². The molecule has 0 amide bonds. The van der Waals surface area contributed by atoms with E-state index in [0.29, 0.717) is 18.9 Å². The van der Waals surface area contributed by atoms with Crippen molar-refractivity contribution in [3.05, 3.63) is 18.1 Å². The first-order chi connectivity index (χ1) is 10.1. The van der Waals surface area contributed by atoms with Crippen molar-refractivity contribution in [1.29, 1.82) is 5.26 Å². The van der Waals surface area contributed by atoms with Gasteiger partial charge in [0.05, 0.1) is 17.6 Å². The predicted molar refractivity (Wildman–Crippen MR) is 76.9 cm³/mol. The van der Waals surface area contributed by atoms with Crippen molar-refractivity contribution in [3.63, 3.8) is 0 Å². The molecule has 0 spiro atoms. The minimum absolute atomic E-state index is 0.133. The van der Waals surface area contributed by atoms with E-state index in [-0.39, 0.29) is 17.0 Å². The zero-order valence-corrected chi connectivity index (χ0v) is 12.4. The molecule has 1 saturated heterocycles. The highest BCUT2D eigenvalue weighted by atomic mass is 32.2. The Labute approximate surface area is 124 Å². The first-order valence-corrected chi connectivity index (χ1v) is 8.57. The van der Waals surface area contributed by atoms with Crippen LogP contribution in [0.1, 0.15) is 31.4 Å². The van der Waals surface area contributed by atoms with E-state index in [1.165, 1.54) is 12.4 Å². The first kappa shape index (κ1) is 14.2. The number of hydrogen-bond donors (Lipinski definition) is 1. The maximum absolute atomic E-state index is 12.1. The monoisotopic (exact) mass is 307 g/mol. The lowest BCUT2D eigenvalue weighted by Gasteiger charge is -2.31. The van der Waals surface area contributed by atoms with Gasteiger partial charge in [-0.15, -0.1) is 0 Å². The van der Waals surface area contributed by atoms with Crippen LogP contribution in [-0.4, -0.2) is 47.1 Å². The lowest BCUT2D eigenvalue weighted by Crippen LogP contribution is -2.43. The number of nitriles is 1. The number of hydrogen-bond acceptors (Lipinski definition) is 6. The summed E-state index contributed by atoms with van der Waals surface area (Å²) in [7, 11) is -3.05. The molecule has 2 heterocycles. The predicted octanol–water partition coefficient (Wildman–Crippen LogP) is 0.717. The zero-order chi connectivity index (χ0) is 14.9. The van der Waals surface area contributed by atoms with Crippen molar-refractivity contribution in [3.8, 4) is 6.07 Å². The molecule has 0 aromatic carbocycles. The molecule has 7 nitrogen and oxygen atoms in total. The molecule has 1 saturated carbocycles. The quantitative estimate of drug-likeness (QED) is 0.880. The largest absolute Gasteiger partial charge is 0.366 e. The molecule has 1 N–H and O–H groups in total. The molecule has 2 fully saturated rings. The summed E-state index contributed by atoms with van der Waals surface area (Å²) in [6.07, 6.45) is 6.09. The van der Waals surface area contributed by atoms with E-state index in [4.69, 9.17) is 5.26 Å². The van der Waals surface area contributed by atoms with Crippen LogP contribution in [0.4, 0.5) is 5.82 Å². The van der Waals surface area contributed by atoms with Gasteiger partial charge < -0.3 is 5.32 Å². The van der Waals surface area contributed by atoms with Gasteiger partial charge in [0.1, 0.15) is 11.9 Å². The number of sulfonamides is 1. The summed E-state index contributed by atoms with van der Waals surface area (Å²) in [5.74, 6) is 0.623. The molecular formula is C13H17N5O2S. The average molecular weight is 307 g/mol. The van der Waals surface area contributed by atoms with Crippen molar-refractivity contribution < 1.29 is 8.42 Å². The van der Waals surface area contributed by atoms with Gasteiger partial charge in [-0.2, -0.15) is 5.26 Å². The summed E-state index contributed by atoms with van der Waals surface area (Å²) in [5.41, 5.74) is 0.283. The molecule has 8 heteroatoms. The molecule has 1 aromatic rings. The van der Waals surface area contributed by atoms with Crippen LogP contribution in [0, 0.1) is 11.3 Å². The number of nitrogens with zero attached hydrogens (tertiary/aromatic N) is 4. The van der Waals surface area contributed by atoms with Crippen LogP contribution in [0.25, 0.3) is 0 Å². The molecule has 3 rings (SSSR count). The second kappa shape index (κ2) is 5.58. The Bertz CT molecular complexity index is 640. The molecule has 112 valence electrons. The SMILES string of the molecule is N#Cc1cnc(NC2CCN(S(=O)(=O)C3CC3)CC2)cn1. The van der Waals surface area contributed by atoms with E-state index in [9.17, 15) is 8.42 Å². The van der Waals surface area contributed by atoms with Gasteiger partial charge in [0.25, 0.3) is 0 Å². The molecule has 2 aliphatic rings. The van der Waals surface area contributed by atoms with Crippen molar-refractivity contribution >= 4 is 15.8 Å². The van der Waals surface area contributed by atoms with E-state index >= 15 is 0 Å². The van der Waals surface area contributed by atoms with Gasteiger partial charge in [-0.25, -0.2) is 22.7 Å². The zero-order valence-electron chi connectivity index (χ0n) is 11.6. The van der Waals surface area contributed by atoms with Gasteiger partial charge in [-0.1, -0.05) is 0 Å². The smallest absolute Gasteiger partial charge is 0.216 e. The van der Waals surface area contributed by atoms with Crippen LogP contribution < -0.4 is 5.32 Å². The number of aromatic nitrogens is 2. The summed E-state index contributed by atoms with van der Waals surface area (Å²) >= 11 is 0. The summed E-state index contributed by atoms with van der Waals surface area (Å²) in [4.78, 5) is 8.08. The number of anilines is 1. The molecule has 21 heavy (non-hydrogen) atoms. The molecule has 1 aliphatic heterocycles. The molecule has 0 bridgehead atoms. The highest BCUT2D eigenvalue weighted by Crippen LogP contribution is 2.32. The molecule has 0 unspecified atom stereocenters. The maximum Gasteiger partial charge on any atom is 0.216 e. The van der Waals surface area contributed by atoms with Crippen LogP contribution in [-0.2, 0) is 10.0 Å². The topological polar surface area (TPSA) is 99.0 Å². The van der Waals surface area contributed by atoms with E-state index < -0.39 is 10.0 Å². The first-order valence-electron chi connectivity index (χ1n) is 7.07. The van der Waals surface area contributed by atoms with Gasteiger partial charge in [0.15, 0.2) is 5.69 Å². The standard InChI is InChI=1S/C13H17N5O2S/c14-7-11-8-16-13(9-15-11)17-10-3-5-18(6-4-10)21(19,20)12-1-2-12/h8-10,12H,1-6H2,(H,16,17). The lowest BCUT2D eigenvalue weighted by atomic mass is 10.1. The van der Waals surface area contributed by atoms with Crippen LogP contribution in [0.2, 0.25) is 0 Å². The van der Waals surface area contributed by atoms with E-state index in [1.54, 1.807) is 4.31 Å². The third-order valence-corrected chi connectivity index (χ3v) is 6.28. The Morgan fingerprint density at radius 2 is 1.90 bits per heavy atom. The summed E-state index contributed by atoms with van der Waals surface area (Å²) in [6.45, 7) is 1.11. The van der Waals surface area contributed by atoms with E-state index in [2.05, 4.69) is 15.3 Å². The Morgan fingerprint density at radius 3 is 2.43 bits per heavy atom. The Balaban J connectivity index is 1.55. The fraction of sp³-hybridized carbons (Fsp3) is 0.615. The Morgan fingerprint density at radius 1 is 1.19 bits per heavy atom. The Kier molecular flexibility index (Phi) is 3.78.